The number of benzene rings is 1. The average molecular weight is 290 g/mol. The standard InChI is InChI=1S/C16H26N4O/c1-4-19(5-2)13-9-10-20(11-13)15-12(3)7-6-8-14(15)16(17)18-21/h6-8,13,21H,4-5,9-11H2,1-3H3,(H2,17,18). The van der Waals surface area contributed by atoms with E-state index in [-0.39, 0.29) is 5.84 Å². The summed E-state index contributed by atoms with van der Waals surface area (Å²) in [5, 5.41) is 12.2. The van der Waals surface area contributed by atoms with Crippen molar-refractivity contribution in [1.82, 2.24) is 4.90 Å². The molecule has 3 N–H and O–H groups in total. The van der Waals surface area contributed by atoms with Crippen molar-refractivity contribution in [3.05, 3.63) is 29.3 Å². The molecule has 0 amide bonds. The molecule has 1 aromatic carbocycles. The molecule has 0 bridgehead atoms. The molecule has 0 aliphatic carbocycles. The van der Waals surface area contributed by atoms with Gasteiger partial charge in [-0.3, -0.25) is 4.90 Å². The van der Waals surface area contributed by atoms with Crippen molar-refractivity contribution in [1.29, 1.82) is 0 Å². The van der Waals surface area contributed by atoms with Crippen LogP contribution in [0.4, 0.5) is 5.69 Å². The average Bonchev–Trinajstić information content (AvgIpc) is 2.96. The molecule has 1 atom stereocenters. The van der Waals surface area contributed by atoms with Gasteiger partial charge in [-0.25, -0.2) is 0 Å². The molecule has 0 spiro atoms. The molecule has 0 aromatic heterocycles. The van der Waals surface area contributed by atoms with Gasteiger partial charge in [0.2, 0.25) is 0 Å². The maximum atomic E-state index is 9.00. The maximum absolute atomic E-state index is 9.00. The van der Waals surface area contributed by atoms with E-state index >= 15 is 0 Å². The van der Waals surface area contributed by atoms with Gasteiger partial charge in [0.1, 0.15) is 0 Å². The van der Waals surface area contributed by atoms with Crippen LogP contribution < -0.4 is 10.6 Å². The summed E-state index contributed by atoms with van der Waals surface area (Å²) in [7, 11) is 0. The van der Waals surface area contributed by atoms with E-state index in [1.54, 1.807) is 0 Å². The van der Waals surface area contributed by atoms with E-state index in [1.165, 1.54) is 5.56 Å². The summed E-state index contributed by atoms with van der Waals surface area (Å²) in [5.74, 6) is 0.181. The van der Waals surface area contributed by atoms with E-state index < -0.39 is 0 Å². The summed E-state index contributed by atoms with van der Waals surface area (Å²) in [6.07, 6.45) is 1.16. The van der Waals surface area contributed by atoms with Crippen LogP contribution in [-0.4, -0.2) is 48.2 Å². The molecule has 1 unspecified atom stereocenters. The lowest BCUT2D eigenvalue weighted by atomic mass is 10.1. The zero-order valence-corrected chi connectivity index (χ0v) is 13.2. The summed E-state index contributed by atoms with van der Waals surface area (Å²) in [6.45, 7) is 10.7. The quantitative estimate of drug-likeness (QED) is 0.377. The third-order valence-electron chi connectivity index (χ3n) is 4.43. The predicted molar refractivity (Wildman–Crippen MR) is 87.2 cm³/mol. The van der Waals surface area contributed by atoms with Crippen LogP contribution in [0, 0.1) is 6.92 Å². The van der Waals surface area contributed by atoms with Crippen LogP contribution in [0.1, 0.15) is 31.4 Å². The van der Waals surface area contributed by atoms with E-state index in [2.05, 4.69) is 41.8 Å². The minimum atomic E-state index is 0.181. The summed E-state index contributed by atoms with van der Waals surface area (Å²) >= 11 is 0. The first-order valence-corrected chi connectivity index (χ1v) is 7.68. The molecule has 0 radical (unpaired) electrons. The van der Waals surface area contributed by atoms with E-state index in [9.17, 15) is 0 Å². The topological polar surface area (TPSA) is 65.1 Å². The van der Waals surface area contributed by atoms with Crippen molar-refractivity contribution in [2.75, 3.05) is 31.1 Å². The van der Waals surface area contributed by atoms with Gasteiger partial charge in [0.05, 0.1) is 5.69 Å². The first-order chi connectivity index (χ1) is 10.1. The fraction of sp³-hybridized carbons (Fsp3) is 0.562. The lowest BCUT2D eigenvalue weighted by molar-refractivity contribution is 0.232. The fourth-order valence-corrected chi connectivity index (χ4v) is 3.32. The SMILES string of the molecule is CCN(CC)C1CCN(c2c(C)cccc2/C(N)=N/O)C1. The predicted octanol–water partition coefficient (Wildman–Crippen LogP) is 2.01. The van der Waals surface area contributed by atoms with Crippen LogP contribution in [0.2, 0.25) is 0 Å². The molecular formula is C16H26N4O. The van der Waals surface area contributed by atoms with E-state index in [4.69, 9.17) is 10.9 Å². The largest absolute Gasteiger partial charge is 0.409 e. The summed E-state index contributed by atoms with van der Waals surface area (Å²) in [5.41, 5.74) is 8.92. The van der Waals surface area contributed by atoms with Gasteiger partial charge in [0.25, 0.3) is 0 Å². The van der Waals surface area contributed by atoms with Crippen LogP contribution in [0.3, 0.4) is 0 Å². The molecular weight excluding hydrogens is 264 g/mol. The van der Waals surface area contributed by atoms with Gasteiger partial charge in [-0.15, -0.1) is 0 Å². The highest BCUT2D eigenvalue weighted by atomic mass is 16.4. The number of aryl methyl sites for hydroxylation is 1. The zero-order chi connectivity index (χ0) is 15.4. The number of likely N-dealkylation sites (N-methyl/N-ethyl adjacent to an activating group) is 1. The number of nitrogens with two attached hydrogens (primary N) is 1. The number of oxime groups is 1. The van der Waals surface area contributed by atoms with Crippen molar-refractivity contribution >= 4 is 11.5 Å². The van der Waals surface area contributed by atoms with Crippen molar-refractivity contribution in [2.45, 2.75) is 33.2 Å². The summed E-state index contributed by atoms with van der Waals surface area (Å²) < 4.78 is 0. The smallest absolute Gasteiger partial charge is 0.172 e. The van der Waals surface area contributed by atoms with Gasteiger partial charge >= 0.3 is 0 Å². The van der Waals surface area contributed by atoms with E-state index in [0.29, 0.717) is 6.04 Å². The molecule has 1 fully saturated rings. The van der Waals surface area contributed by atoms with Crippen molar-refractivity contribution in [3.63, 3.8) is 0 Å². The molecule has 1 aliphatic rings. The summed E-state index contributed by atoms with van der Waals surface area (Å²) in [6, 6.07) is 6.53. The Morgan fingerprint density at radius 3 is 2.76 bits per heavy atom. The third kappa shape index (κ3) is 3.13. The van der Waals surface area contributed by atoms with Gasteiger partial charge in [-0.2, -0.15) is 0 Å². The molecule has 0 saturated carbocycles. The van der Waals surface area contributed by atoms with Crippen molar-refractivity contribution in [2.24, 2.45) is 10.9 Å². The normalized spacial score (nSPS) is 19.5. The second kappa shape index (κ2) is 6.80. The number of hydrogen-bond donors (Lipinski definition) is 2. The van der Waals surface area contributed by atoms with Crippen LogP contribution in [0.25, 0.3) is 0 Å². The van der Waals surface area contributed by atoms with Crippen LogP contribution in [0.5, 0.6) is 0 Å². The molecule has 21 heavy (non-hydrogen) atoms. The second-order valence-corrected chi connectivity index (χ2v) is 5.57. The van der Waals surface area contributed by atoms with E-state index in [1.807, 2.05) is 12.1 Å². The van der Waals surface area contributed by atoms with Gasteiger partial charge in [-0.1, -0.05) is 31.1 Å². The van der Waals surface area contributed by atoms with Gasteiger partial charge in [0, 0.05) is 24.7 Å². The Bertz CT molecular complexity index is 511. The highest BCUT2D eigenvalue weighted by molar-refractivity contribution is 6.02. The number of hydrogen-bond acceptors (Lipinski definition) is 4. The maximum Gasteiger partial charge on any atom is 0.172 e. The number of anilines is 1. The molecule has 5 heteroatoms. The third-order valence-corrected chi connectivity index (χ3v) is 4.43. The molecule has 116 valence electrons. The van der Waals surface area contributed by atoms with Gasteiger partial charge in [0.15, 0.2) is 5.84 Å². The number of nitrogens with zero attached hydrogens (tertiary/aromatic N) is 3. The Balaban J connectivity index is 2.28. The zero-order valence-electron chi connectivity index (χ0n) is 13.2. The lowest BCUT2D eigenvalue weighted by Crippen LogP contribution is -2.37. The minimum Gasteiger partial charge on any atom is -0.409 e. The second-order valence-electron chi connectivity index (χ2n) is 5.57. The Labute approximate surface area is 127 Å². The lowest BCUT2D eigenvalue weighted by Gasteiger charge is -2.28. The highest BCUT2D eigenvalue weighted by Crippen LogP contribution is 2.29. The minimum absolute atomic E-state index is 0.181. The number of amidine groups is 1. The number of para-hydroxylation sites is 1. The van der Waals surface area contributed by atoms with Crippen LogP contribution >= 0.6 is 0 Å². The van der Waals surface area contributed by atoms with E-state index in [0.717, 1.165) is 43.9 Å². The molecule has 1 heterocycles. The Kier molecular flexibility index (Phi) is 5.07. The molecule has 1 saturated heterocycles. The first kappa shape index (κ1) is 15.6. The van der Waals surface area contributed by atoms with Gasteiger partial charge < -0.3 is 15.8 Å². The Hall–Kier alpha value is -1.75. The Morgan fingerprint density at radius 1 is 1.43 bits per heavy atom. The molecule has 1 aromatic rings. The monoisotopic (exact) mass is 290 g/mol. The number of rotatable bonds is 5. The molecule has 5 nitrogen and oxygen atoms in total. The van der Waals surface area contributed by atoms with Crippen molar-refractivity contribution < 1.29 is 5.21 Å². The van der Waals surface area contributed by atoms with Crippen LogP contribution in [0.15, 0.2) is 23.4 Å². The highest BCUT2D eigenvalue weighted by Gasteiger charge is 2.28. The molecule has 1 aliphatic heterocycles. The van der Waals surface area contributed by atoms with Crippen molar-refractivity contribution in [3.8, 4) is 0 Å². The first-order valence-electron chi connectivity index (χ1n) is 7.68. The molecule has 2 rings (SSSR count). The van der Waals surface area contributed by atoms with Gasteiger partial charge in [-0.05, 0) is 38.1 Å². The summed E-state index contributed by atoms with van der Waals surface area (Å²) in [4.78, 5) is 4.87. The fourth-order valence-electron chi connectivity index (χ4n) is 3.32. The van der Waals surface area contributed by atoms with Crippen LogP contribution in [-0.2, 0) is 0 Å². The Morgan fingerprint density at radius 2 is 2.14 bits per heavy atom.